The lowest BCUT2D eigenvalue weighted by Gasteiger charge is -2.33. The van der Waals surface area contributed by atoms with Crippen LogP contribution in [0.2, 0.25) is 0 Å². The standard InChI is InChI=1S/C19H22N2OS.C10H15NO4/c1-14(22)15-9-10-19-17(13-15)21(12-6-11-20(2)3)16-7-4-5-8-18(16)23-19;1-5(2)7-4-11-9(10(14)15)6(7)3-8(12)13/h4-5,7-10,13H,6,11-12H2,1-3H3;6-7,9,11H,1,3-4H2,2H3,(H,12,13)(H,14,15)/t;6-,7+,9-/m.0/s1. The Kier molecular flexibility index (Phi) is 10.1. The fraction of sp³-hybridized carbons (Fsp3) is 0.414. The maximum absolute atomic E-state index is 11.8. The number of anilines is 2. The molecule has 9 heteroatoms. The SMILES string of the molecule is C=C(C)[C@H]1CN[C@H](C(=O)O)[C@H]1CC(=O)O.CC(=O)c1ccc2c(c1)N(CCCN(C)C)c1ccccc1S2. The Morgan fingerprint density at radius 1 is 1.08 bits per heavy atom. The summed E-state index contributed by atoms with van der Waals surface area (Å²) in [7, 11) is 4.20. The molecule has 2 aliphatic heterocycles. The lowest BCUT2D eigenvalue weighted by atomic mass is 9.84. The number of rotatable bonds is 9. The number of nitrogens with one attached hydrogen (secondary N) is 1. The van der Waals surface area contributed by atoms with E-state index in [1.807, 2.05) is 12.1 Å². The molecule has 0 aromatic heterocycles. The van der Waals surface area contributed by atoms with Crippen LogP contribution in [0.15, 0.2) is 64.4 Å². The van der Waals surface area contributed by atoms with Crippen molar-refractivity contribution in [1.29, 1.82) is 0 Å². The maximum atomic E-state index is 11.8. The number of nitrogens with zero attached hydrogens (tertiary/aromatic N) is 2. The zero-order valence-electron chi connectivity index (χ0n) is 22.4. The Bertz CT molecular complexity index is 1180. The van der Waals surface area contributed by atoms with Gasteiger partial charge in [0.25, 0.3) is 0 Å². The number of fused-ring (bicyclic) bond motifs is 2. The van der Waals surface area contributed by atoms with Gasteiger partial charge in [-0.1, -0.05) is 42.1 Å². The van der Waals surface area contributed by atoms with Crippen LogP contribution in [0.5, 0.6) is 0 Å². The van der Waals surface area contributed by atoms with E-state index in [1.165, 1.54) is 15.5 Å². The van der Waals surface area contributed by atoms with Gasteiger partial charge >= 0.3 is 11.9 Å². The third kappa shape index (κ3) is 7.24. The summed E-state index contributed by atoms with van der Waals surface area (Å²) >= 11 is 1.78. The number of para-hydroxylation sites is 1. The number of benzene rings is 2. The van der Waals surface area contributed by atoms with Gasteiger partial charge in [-0.3, -0.25) is 14.4 Å². The van der Waals surface area contributed by atoms with E-state index in [0.29, 0.717) is 6.54 Å². The molecule has 38 heavy (non-hydrogen) atoms. The number of carbonyl (C=O) groups excluding carboxylic acids is 1. The summed E-state index contributed by atoms with van der Waals surface area (Å²) in [5.41, 5.74) is 4.00. The molecular formula is C29H37N3O5S. The van der Waals surface area contributed by atoms with Crippen molar-refractivity contribution in [3.63, 3.8) is 0 Å². The Morgan fingerprint density at radius 2 is 1.76 bits per heavy atom. The second-order valence-corrected chi connectivity index (χ2v) is 11.1. The van der Waals surface area contributed by atoms with Crippen LogP contribution >= 0.6 is 11.8 Å². The van der Waals surface area contributed by atoms with Gasteiger partial charge in [0.2, 0.25) is 0 Å². The second-order valence-electron chi connectivity index (χ2n) is 10.1. The van der Waals surface area contributed by atoms with Gasteiger partial charge in [-0.25, -0.2) is 0 Å². The number of ketones is 1. The number of hydrogen-bond acceptors (Lipinski definition) is 7. The highest BCUT2D eigenvalue weighted by atomic mass is 32.2. The van der Waals surface area contributed by atoms with Gasteiger partial charge in [-0.05, 0) is 71.1 Å². The van der Waals surface area contributed by atoms with Crippen molar-refractivity contribution in [1.82, 2.24) is 10.2 Å². The molecule has 2 aliphatic rings. The summed E-state index contributed by atoms with van der Waals surface area (Å²) in [5, 5.41) is 20.5. The van der Waals surface area contributed by atoms with Crippen molar-refractivity contribution in [3.05, 3.63) is 60.2 Å². The van der Waals surface area contributed by atoms with Crippen molar-refractivity contribution in [3.8, 4) is 0 Å². The summed E-state index contributed by atoms with van der Waals surface area (Å²) in [6.45, 7) is 9.67. The summed E-state index contributed by atoms with van der Waals surface area (Å²) in [6, 6.07) is 13.8. The fourth-order valence-electron chi connectivity index (χ4n) is 4.90. The van der Waals surface area contributed by atoms with Gasteiger partial charge in [-0.15, -0.1) is 0 Å². The van der Waals surface area contributed by atoms with Gasteiger partial charge in [0.15, 0.2) is 5.78 Å². The molecule has 0 aliphatic carbocycles. The van der Waals surface area contributed by atoms with E-state index in [-0.39, 0.29) is 18.1 Å². The van der Waals surface area contributed by atoms with Crippen LogP contribution in [0.1, 0.15) is 37.0 Å². The quantitative estimate of drug-likeness (QED) is 0.307. The van der Waals surface area contributed by atoms with Crippen LogP contribution in [0, 0.1) is 11.8 Å². The average Bonchev–Trinajstić information content (AvgIpc) is 3.27. The van der Waals surface area contributed by atoms with Crippen molar-refractivity contribution in [2.45, 2.75) is 42.5 Å². The molecule has 4 rings (SSSR count). The molecule has 2 heterocycles. The molecule has 0 saturated carbocycles. The smallest absolute Gasteiger partial charge is 0.321 e. The minimum absolute atomic E-state index is 0.0674. The molecule has 3 N–H and O–H groups in total. The minimum atomic E-state index is -0.995. The molecule has 3 atom stereocenters. The average molecular weight is 540 g/mol. The number of carboxylic acids is 2. The van der Waals surface area contributed by atoms with Crippen molar-refractivity contribution in [2.75, 3.05) is 38.6 Å². The molecule has 0 amide bonds. The molecular weight excluding hydrogens is 502 g/mol. The van der Waals surface area contributed by atoms with Crippen molar-refractivity contribution >= 4 is 40.9 Å². The first kappa shape index (κ1) is 29.4. The molecule has 2 aromatic carbocycles. The molecule has 1 fully saturated rings. The van der Waals surface area contributed by atoms with Gasteiger partial charge in [0.05, 0.1) is 17.8 Å². The van der Waals surface area contributed by atoms with E-state index in [9.17, 15) is 14.4 Å². The Labute approximate surface area is 228 Å². The number of Topliss-reactive ketones (excluding diaryl/α,β-unsaturated/α-hetero) is 1. The van der Waals surface area contributed by atoms with E-state index >= 15 is 0 Å². The molecule has 0 bridgehead atoms. The van der Waals surface area contributed by atoms with Crippen LogP contribution in [-0.2, 0) is 9.59 Å². The molecule has 204 valence electrons. The fourth-order valence-corrected chi connectivity index (χ4v) is 5.97. The summed E-state index contributed by atoms with van der Waals surface area (Å²) in [4.78, 5) is 40.3. The minimum Gasteiger partial charge on any atom is -0.481 e. The predicted molar refractivity (Wildman–Crippen MR) is 151 cm³/mol. The highest BCUT2D eigenvalue weighted by Gasteiger charge is 2.41. The summed E-state index contributed by atoms with van der Waals surface area (Å²) in [6.07, 6.45) is 0.942. The van der Waals surface area contributed by atoms with Crippen molar-refractivity contribution < 1.29 is 24.6 Å². The maximum Gasteiger partial charge on any atom is 0.321 e. The highest BCUT2D eigenvalue weighted by Crippen LogP contribution is 2.48. The first-order chi connectivity index (χ1) is 18.0. The van der Waals surface area contributed by atoms with E-state index < -0.39 is 23.9 Å². The topological polar surface area (TPSA) is 110 Å². The van der Waals surface area contributed by atoms with E-state index in [1.54, 1.807) is 25.6 Å². The van der Waals surface area contributed by atoms with Crippen LogP contribution in [0.4, 0.5) is 11.4 Å². The van der Waals surface area contributed by atoms with Gasteiger partial charge in [-0.2, -0.15) is 0 Å². The van der Waals surface area contributed by atoms with E-state index in [2.05, 4.69) is 66.1 Å². The predicted octanol–water partition coefficient (Wildman–Crippen LogP) is 4.77. The van der Waals surface area contributed by atoms with Gasteiger partial charge in [0, 0.05) is 34.4 Å². The van der Waals surface area contributed by atoms with Crippen molar-refractivity contribution in [2.24, 2.45) is 11.8 Å². The molecule has 0 radical (unpaired) electrons. The van der Waals surface area contributed by atoms with E-state index in [0.717, 1.165) is 36.3 Å². The normalized spacial score (nSPS) is 19.7. The number of aliphatic carboxylic acids is 2. The van der Waals surface area contributed by atoms with Crippen LogP contribution in [0.25, 0.3) is 0 Å². The van der Waals surface area contributed by atoms with Gasteiger partial charge < -0.3 is 25.3 Å². The first-order valence-corrected chi connectivity index (χ1v) is 13.5. The largest absolute Gasteiger partial charge is 0.481 e. The zero-order chi connectivity index (χ0) is 28.0. The molecule has 0 spiro atoms. The Balaban J connectivity index is 0.000000232. The van der Waals surface area contributed by atoms with Crippen LogP contribution < -0.4 is 10.2 Å². The number of hydrogen-bond donors (Lipinski definition) is 3. The molecule has 8 nitrogen and oxygen atoms in total. The summed E-state index contributed by atoms with van der Waals surface area (Å²) in [5.74, 6) is -2.32. The zero-order valence-corrected chi connectivity index (χ0v) is 23.3. The van der Waals surface area contributed by atoms with Crippen LogP contribution in [-0.4, -0.2) is 72.6 Å². The first-order valence-electron chi connectivity index (χ1n) is 12.7. The van der Waals surface area contributed by atoms with Crippen LogP contribution in [0.3, 0.4) is 0 Å². The number of carbonyl (C=O) groups is 3. The summed E-state index contributed by atoms with van der Waals surface area (Å²) < 4.78 is 0. The monoisotopic (exact) mass is 539 g/mol. The molecule has 2 aromatic rings. The second kappa shape index (κ2) is 13.1. The Morgan fingerprint density at radius 3 is 2.37 bits per heavy atom. The third-order valence-corrected chi connectivity index (χ3v) is 7.96. The van der Waals surface area contributed by atoms with E-state index in [4.69, 9.17) is 10.2 Å². The van der Waals surface area contributed by atoms with Gasteiger partial charge in [0.1, 0.15) is 6.04 Å². The molecule has 0 unspecified atom stereocenters. The number of carboxylic acid groups (broad SMARTS) is 2. The highest BCUT2D eigenvalue weighted by molar-refractivity contribution is 7.99. The Hall–Kier alpha value is -3.14. The lowest BCUT2D eigenvalue weighted by Crippen LogP contribution is -2.36. The molecule has 1 saturated heterocycles. The lowest BCUT2D eigenvalue weighted by molar-refractivity contribution is -0.142. The third-order valence-electron chi connectivity index (χ3n) is 6.83.